The van der Waals surface area contributed by atoms with Gasteiger partial charge in [0.05, 0.1) is 11.4 Å². The van der Waals surface area contributed by atoms with E-state index in [1.807, 2.05) is 41.3 Å². The van der Waals surface area contributed by atoms with E-state index >= 15 is 0 Å². The van der Waals surface area contributed by atoms with E-state index < -0.39 is 11.9 Å². The fourth-order valence-corrected chi connectivity index (χ4v) is 4.77. The molecule has 5 rings (SSSR count). The first kappa shape index (κ1) is 22.6. The van der Waals surface area contributed by atoms with E-state index in [4.69, 9.17) is 0 Å². The molecule has 2 aliphatic rings. The first-order valence-corrected chi connectivity index (χ1v) is 11.7. The molecular formula is C24H27N7O4. The monoisotopic (exact) mass is 477 g/mol. The molecule has 35 heavy (non-hydrogen) atoms. The molecule has 11 heteroatoms. The summed E-state index contributed by atoms with van der Waals surface area (Å²) < 4.78 is 0. The number of carboxylic acids is 1. The summed E-state index contributed by atoms with van der Waals surface area (Å²) in [5.41, 5.74) is 4.19. The van der Waals surface area contributed by atoms with Gasteiger partial charge in [-0.1, -0.05) is 29.5 Å². The molecule has 0 bridgehead atoms. The lowest BCUT2D eigenvalue weighted by Crippen LogP contribution is -2.53. The maximum Gasteiger partial charge on any atom is 0.322 e. The van der Waals surface area contributed by atoms with E-state index in [-0.39, 0.29) is 31.1 Å². The summed E-state index contributed by atoms with van der Waals surface area (Å²) in [6, 6.07) is 12.9. The molecule has 1 fully saturated rings. The van der Waals surface area contributed by atoms with Crippen LogP contribution in [0.3, 0.4) is 0 Å². The average Bonchev–Trinajstić information content (AvgIpc) is 3.34. The Labute approximate surface area is 201 Å². The van der Waals surface area contributed by atoms with Gasteiger partial charge < -0.3 is 25.5 Å². The Balaban J connectivity index is 1.13. The standard InChI is InChI=1S/C24H27N7O4/c32-22(33)17(11-15-5-6-20-21(12-15)28-29-27-20)13-25-23(34)30-9-7-18(8-10-30)31-14-16-3-1-2-4-19(16)26-24(31)35/h1-6,12,17-18H,7-11,13-14H2,(H,25,34)(H,26,35)(H,32,33)(H,27,28,29)/t17-/m1/s1. The Bertz CT molecular complexity index is 1250. The molecule has 2 aliphatic heterocycles. The number of aromatic nitrogens is 3. The summed E-state index contributed by atoms with van der Waals surface area (Å²) in [6.07, 6.45) is 1.61. The molecule has 1 saturated heterocycles. The Kier molecular flexibility index (Phi) is 6.21. The highest BCUT2D eigenvalue weighted by molar-refractivity contribution is 5.92. The molecule has 0 saturated carbocycles. The van der Waals surface area contributed by atoms with Crippen LogP contribution in [-0.2, 0) is 17.8 Å². The lowest BCUT2D eigenvalue weighted by atomic mass is 9.99. The number of amides is 4. The van der Waals surface area contributed by atoms with Crippen LogP contribution in [0.2, 0.25) is 0 Å². The number of carbonyl (C=O) groups is 3. The predicted octanol–water partition coefficient (Wildman–Crippen LogP) is 2.42. The van der Waals surface area contributed by atoms with Crippen molar-refractivity contribution in [1.82, 2.24) is 30.5 Å². The number of benzene rings is 2. The van der Waals surface area contributed by atoms with Gasteiger partial charge in [0, 0.05) is 37.9 Å². The zero-order valence-corrected chi connectivity index (χ0v) is 19.1. The number of carboxylic acid groups (broad SMARTS) is 1. The van der Waals surface area contributed by atoms with Gasteiger partial charge in [0.2, 0.25) is 0 Å². The molecule has 0 aliphatic carbocycles. The topological polar surface area (TPSA) is 144 Å². The van der Waals surface area contributed by atoms with Crippen molar-refractivity contribution >= 4 is 34.8 Å². The van der Waals surface area contributed by atoms with Crippen LogP contribution in [-0.4, -0.2) is 74.0 Å². The number of aliphatic carboxylic acids is 1. The third kappa shape index (κ3) is 4.88. The van der Waals surface area contributed by atoms with Crippen LogP contribution in [0.25, 0.3) is 11.0 Å². The number of hydrogen-bond acceptors (Lipinski definition) is 5. The van der Waals surface area contributed by atoms with Gasteiger partial charge in [0.15, 0.2) is 0 Å². The van der Waals surface area contributed by atoms with Crippen LogP contribution < -0.4 is 10.6 Å². The van der Waals surface area contributed by atoms with Crippen molar-refractivity contribution in [3.05, 3.63) is 53.6 Å². The zero-order chi connectivity index (χ0) is 24.4. The Morgan fingerprint density at radius 1 is 1.17 bits per heavy atom. The van der Waals surface area contributed by atoms with Crippen LogP contribution in [0.4, 0.5) is 15.3 Å². The largest absolute Gasteiger partial charge is 0.481 e. The van der Waals surface area contributed by atoms with Gasteiger partial charge in [-0.3, -0.25) is 9.89 Å². The van der Waals surface area contributed by atoms with Gasteiger partial charge in [0.1, 0.15) is 5.52 Å². The molecule has 4 N–H and O–H groups in total. The number of carbonyl (C=O) groups excluding carboxylic acids is 2. The Morgan fingerprint density at radius 3 is 2.77 bits per heavy atom. The minimum Gasteiger partial charge on any atom is -0.481 e. The fraction of sp³-hybridized carbons (Fsp3) is 0.375. The molecule has 4 amide bonds. The maximum atomic E-state index is 12.7. The molecule has 1 atom stereocenters. The van der Waals surface area contributed by atoms with Gasteiger partial charge in [-0.15, -0.1) is 5.10 Å². The van der Waals surface area contributed by atoms with Crippen molar-refractivity contribution in [2.45, 2.75) is 31.8 Å². The molecule has 0 spiro atoms. The van der Waals surface area contributed by atoms with Crippen LogP contribution in [0, 0.1) is 5.92 Å². The lowest BCUT2D eigenvalue weighted by Gasteiger charge is -2.40. The van der Waals surface area contributed by atoms with Crippen molar-refractivity contribution < 1.29 is 19.5 Å². The number of anilines is 1. The second-order valence-electron chi connectivity index (χ2n) is 9.02. The van der Waals surface area contributed by atoms with Crippen LogP contribution >= 0.6 is 0 Å². The highest BCUT2D eigenvalue weighted by Gasteiger charge is 2.32. The van der Waals surface area contributed by atoms with E-state index in [0.29, 0.717) is 38.0 Å². The van der Waals surface area contributed by atoms with Crippen LogP contribution in [0.5, 0.6) is 0 Å². The third-order valence-corrected chi connectivity index (χ3v) is 6.77. The molecule has 2 aromatic carbocycles. The molecular weight excluding hydrogens is 450 g/mol. The van der Waals surface area contributed by atoms with Gasteiger partial charge in [-0.2, -0.15) is 0 Å². The number of nitrogens with zero attached hydrogens (tertiary/aromatic N) is 4. The van der Waals surface area contributed by atoms with Crippen molar-refractivity contribution in [2.75, 3.05) is 25.0 Å². The summed E-state index contributed by atoms with van der Waals surface area (Å²) in [5.74, 6) is -1.74. The Morgan fingerprint density at radius 2 is 1.97 bits per heavy atom. The molecule has 3 aromatic rings. The van der Waals surface area contributed by atoms with E-state index in [0.717, 1.165) is 22.3 Å². The number of hydrogen-bond donors (Lipinski definition) is 4. The quantitative estimate of drug-likeness (QED) is 0.429. The zero-order valence-electron chi connectivity index (χ0n) is 19.1. The minimum atomic E-state index is -0.972. The summed E-state index contributed by atoms with van der Waals surface area (Å²) >= 11 is 0. The Hall–Kier alpha value is -4.15. The number of aromatic amines is 1. The highest BCUT2D eigenvalue weighted by Crippen LogP contribution is 2.27. The summed E-state index contributed by atoms with van der Waals surface area (Å²) in [7, 11) is 0. The molecule has 3 heterocycles. The number of rotatable bonds is 6. The molecule has 182 valence electrons. The third-order valence-electron chi connectivity index (χ3n) is 6.77. The van der Waals surface area contributed by atoms with Gasteiger partial charge in [-0.25, -0.2) is 9.59 Å². The maximum absolute atomic E-state index is 12.7. The van der Waals surface area contributed by atoms with Gasteiger partial charge >= 0.3 is 18.0 Å². The van der Waals surface area contributed by atoms with Crippen LogP contribution in [0.1, 0.15) is 24.0 Å². The van der Waals surface area contributed by atoms with Crippen molar-refractivity contribution in [3.8, 4) is 0 Å². The van der Waals surface area contributed by atoms with Crippen molar-refractivity contribution in [1.29, 1.82) is 0 Å². The first-order chi connectivity index (χ1) is 17.0. The molecule has 0 unspecified atom stereocenters. The number of piperidine rings is 1. The lowest BCUT2D eigenvalue weighted by molar-refractivity contribution is -0.141. The molecule has 0 radical (unpaired) electrons. The highest BCUT2D eigenvalue weighted by atomic mass is 16.4. The van der Waals surface area contributed by atoms with Gasteiger partial charge in [0.25, 0.3) is 0 Å². The number of nitrogens with one attached hydrogen (secondary N) is 3. The van der Waals surface area contributed by atoms with E-state index in [1.54, 1.807) is 11.0 Å². The fourth-order valence-electron chi connectivity index (χ4n) is 4.77. The molecule has 1 aromatic heterocycles. The van der Waals surface area contributed by atoms with Crippen molar-refractivity contribution in [2.24, 2.45) is 5.92 Å². The van der Waals surface area contributed by atoms with E-state index in [2.05, 4.69) is 26.0 Å². The van der Waals surface area contributed by atoms with Gasteiger partial charge in [-0.05, 0) is 48.6 Å². The predicted molar refractivity (Wildman–Crippen MR) is 128 cm³/mol. The summed E-state index contributed by atoms with van der Waals surface area (Å²) in [5, 5.41) is 25.9. The smallest absolute Gasteiger partial charge is 0.322 e. The van der Waals surface area contributed by atoms with E-state index in [1.165, 1.54) is 0 Å². The second-order valence-corrected chi connectivity index (χ2v) is 9.02. The van der Waals surface area contributed by atoms with Crippen molar-refractivity contribution in [3.63, 3.8) is 0 Å². The number of H-pyrrole nitrogens is 1. The number of para-hydroxylation sites is 1. The minimum absolute atomic E-state index is 0.0241. The second kappa shape index (κ2) is 9.61. The molecule has 11 nitrogen and oxygen atoms in total. The normalized spacial score (nSPS) is 17.1. The number of likely N-dealkylation sites (tertiary alicyclic amines) is 1. The van der Waals surface area contributed by atoms with Crippen LogP contribution in [0.15, 0.2) is 42.5 Å². The first-order valence-electron chi connectivity index (χ1n) is 11.7. The number of urea groups is 2. The summed E-state index contributed by atoms with van der Waals surface area (Å²) in [6.45, 7) is 1.58. The van der Waals surface area contributed by atoms with E-state index in [9.17, 15) is 19.5 Å². The average molecular weight is 478 g/mol. The number of fused-ring (bicyclic) bond motifs is 2. The summed E-state index contributed by atoms with van der Waals surface area (Å²) in [4.78, 5) is 40.6. The SMILES string of the molecule is O=C(O)[C@@H](CNC(=O)N1CCC(N2Cc3ccccc3NC2=O)CC1)Cc1ccc2[nH]nnc2c1.